The predicted molar refractivity (Wildman–Crippen MR) is 137 cm³/mol. The van der Waals surface area contributed by atoms with E-state index in [1.54, 1.807) is 0 Å². The average Bonchev–Trinajstić information content (AvgIpc) is 3.11. The largest absolute Gasteiger partial charge is 0.487 e. The first kappa shape index (κ1) is 22.1. The maximum atomic E-state index is 12.8. The van der Waals surface area contributed by atoms with E-state index in [2.05, 4.69) is 65.8 Å². The molecule has 3 aromatic rings. The quantitative estimate of drug-likeness (QED) is 0.504. The molecule has 0 bridgehead atoms. The lowest BCUT2D eigenvalue weighted by Crippen LogP contribution is -2.18. The lowest BCUT2D eigenvalue weighted by molar-refractivity contribution is -0.117. The molecule has 4 heterocycles. The third-order valence-electron chi connectivity index (χ3n) is 7.51. The molecule has 2 aromatic carbocycles. The Labute approximate surface area is 206 Å². The summed E-state index contributed by atoms with van der Waals surface area (Å²) >= 11 is 0. The van der Waals surface area contributed by atoms with E-state index in [9.17, 15) is 4.79 Å². The third-order valence-corrected chi connectivity index (χ3v) is 7.51. The van der Waals surface area contributed by atoms with Crippen LogP contribution < -0.4 is 10.1 Å². The number of benzene rings is 2. The molecule has 1 saturated heterocycles. The number of nitrogens with one attached hydrogen (secondary N) is 1. The van der Waals surface area contributed by atoms with Gasteiger partial charge in [-0.3, -0.25) is 9.78 Å². The van der Waals surface area contributed by atoms with Crippen LogP contribution in [-0.4, -0.2) is 24.1 Å². The van der Waals surface area contributed by atoms with E-state index in [4.69, 9.17) is 9.47 Å². The zero-order valence-corrected chi connectivity index (χ0v) is 20.0. The van der Waals surface area contributed by atoms with Crippen molar-refractivity contribution in [3.8, 4) is 5.75 Å². The Morgan fingerprint density at radius 3 is 2.83 bits per heavy atom. The summed E-state index contributed by atoms with van der Waals surface area (Å²) in [6, 6.07) is 16.8. The van der Waals surface area contributed by atoms with Gasteiger partial charge in [-0.05, 0) is 85.1 Å². The summed E-state index contributed by atoms with van der Waals surface area (Å²) in [5, 5.41) is 3.14. The highest BCUT2D eigenvalue weighted by molar-refractivity contribution is 6.03. The van der Waals surface area contributed by atoms with Gasteiger partial charge in [-0.2, -0.15) is 0 Å². The van der Waals surface area contributed by atoms with Crippen molar-refractivity contribution in [2.75, 3.05) is 18.5 Å². The van der Waals surface area contributed by atoms with E-state index >= 15 is 0 Å². The van der Waals surface area contributed by atoms with Gasteiger partial charge in [0.05, 0.1) is 11.6 Å². The lowest BCUT2D eigenvalue weighted by Gasteiger charge is -2.22. The van der Waals surface area contributed by atoms with Gasteiger partial charge in [0.25, 0.3) is 0 Å². The van der Waals surface area contributed by atoms with Gasteiger partial charge in [-0.15, -0.1) is 0 Å². The SMILES string of the molecule is Cc1ccc2c(c1)OCc1ncccc1C2=Cc1ccc2c(c1)NC(=O)C2CCC1CCOCC1. The molecule has 1 unspecified atom stereocenters. The van der Waals surface area contributed by atoms with E-state index in [1.807, 2.05) is 12.3 Å². The number of anilines is 1. The zero-order chi connectivity index (χ0) is 23.8. The Balaban J connectivity index is 1.33. The van der Waals surface area contributed by atoms with Crippen molar-refractivity contribution in [3.05, 3.63) is 88.2 Å². The highest BCUT2D eigenvalue weighted by Gasteiger charge is 2.31. The molecular weight excluding hydrogens is 436 g/mol. The van der Waals surface area contributed by atoms with E-state index < -0.39 is 0 Å². The Morgan fingerprint density at radius 1 is 1.06 bits per heavy atom. The van der Waals surface area contributed by atoms with Crippen LogP contribution in [0.1, 0.15) is 65.1 Å². The van der Waals surface area contributed by atoms with Gasteiger partial charge in [-0.25, -0.2) is 0 Å². The van der Waals surface area contributed by atoms with Crippen LogP contribution in [0.5, 0.6) is 5.75 Å². The molecule has 1 fully saturated rings. The van der Waals surface area contributed by atoms with Crippen molar-refractivity contribution in [3.63, 3.8) is 0 Å². The number of nitrogens with zero attached hydrogens (tertiary/aromatic N) is 1. The number of carbonyl (C=O) groups is 1. The molecule has 1 N–H and O–H groups in total. The zero-order valence-electron chi connectivity index (χ0n) is 20.0. The first-order valence-electron chi connectivity index (χ1n) is 12.6. The van der Waals surface area contributed by atoms with Crippen LogP contribution >= 0.6 is 0 Å². The van der Waals surface area contributed by atoms with Gasteiger partial charge in [-0.1, -0.05) is 30.3 Å². The van der Waals surface area contributed by atoms with Crippen LogP contribution in [0, 0.1) is 12.8 Å². The van der Waals surface area contributed by atoms with Crippen molar-refractivity contribution < 1.29 is 14.3 Å². The van der Waals surface area contributed by atoms with Crippen LogP contribution in [0.3, 0.4) is 0 Å². The van der Waals surface area contributed by atoms with Gasteiger partial charge >= 0.3 is 0 Å². The molecule has 178 valence electrons. The molecule has 35 heavy (non-hydrogen) atoms. The summed E-state index contributed by atoms with van der Waals surface area (Å²) < 4.78 is 11.6. The van der Waals surface area contributed by atoms with Crippen LogP contribution in [0.15, 0.2) is 54.7 Å². The minimum absolute atomic E-state index is 0.0607. The maximum absolute atomic E-state index is 12.8. The van der Waals surface area contributed by atoms with Gasteiger partial charge in [0.15, 0.2) is 0 Å². The second-order valence-corrected chi connectivity index (χ2v) is 9.87. The van der Waals surface area contributed by atoms with E-state index in [1.165, 1.54) is 0 Å². The second-order valence-electron chi connectivity index (χ2n) is 9.87. The second kappa shape index (κ2) is 9.31. The van der Waals surface area contributed by atoms with Gasteiger partial charge < -0.3 is 14.8 Å². The molecule has 3 aliphatic heterocycles. The van der Waals surface area contributed by atoms with Crippen molar-refractivity contribution in [2.24, 2.45) is 5.92 Å². The molecule has 0 radical (unpaired) electrons. The van der Waals surface area contributed by atoms with E-state index in [-0.39, 0.29) is 11.8 Å². The van der Waals surface area contributed by atoms with Crippen molar-refractivity contribution in [1.82, 2.24) is 4.98 Å². The third kappa shape index (κ3) is 4.37. The highest BCUT2D eigenvalue weighted by atomic mass is 16.5. The van der Waals surface area contributed by atoms with Crippen LogP contribution in [0.2, 0.25) is 0 Å². The van der Waals surface area contributed by atoms with Gasteiger partial charge in [0, 0.05) is 36.2 Å². The fourth-order valence-corrected chi connectivity index (χ4v) is 5.54. The predicted octanol–water partition coefficient (Wildman–Crippen LogP) is 6.11. The molecule has 0 aliphatic carbocycles. The fourth-order valence-electron chi connectivity index (χ4n) is 5.54. The molecule has 5 heteroatoms. The van der Waals surface area contributed by atoms with Gasteiger partial charge in [0.2, 0.25) is 5.91 Å². The molecule has 1 amide bonds. The standard InChI is InChI=1S/C30H30N2O3/c1-19-4-7-24-26(22-3-2-12-31-28(22)18-35-29(24)15-19)16-21-6-8-23-25(30(33)32-27(23)17-21)9-5-20-10-13-34-14-11-20/h2-4,6-8,12,15-17,20,25H,5,9-11,13-14,18H2,1H3,(H,32,33). The fraction of sp³-hybridized carbons (Fsp3) is 0.333. The van der Waals surface area contributed by atoms with Crippen LogP contribution in [0.4, 0.5) is 5.69 Å². The Bertz CT molecular complexity index is 1310. The number of fused-ring (bicyclic) bond motifs is 3. The minimum atomic E-state index is -0.0607. The molecule has 1 aromatic heterocycles. The molecule has 5 nitrogen and oxygen atoms in total. The Hall–Kier alpha value is -3.44. The number of ether oxygens (including phenoxy) is 2. The summed E-state index contributed by atoms with van der Waals surface area (Å²) in [7, 11) is 0. The monoisotopic (exact) mass is 466 g/mol. The first-order chi connectivity index (χ1) is 17.2. The number of aryl methyl sites for hydroxylation is 1. The number of pyridine rings is 1. The summed E-state index contributed by atoms with van der Waals surface area (Å²) in [6.07, 6.45) is 8.18. The molecule has 6 rings (SSSR count). The number of rotatable bonds is 4. The summed E-state index contributed by atoms with van der Waals surface area (Å²) in [4.78, 5) is 17.4. The van der Waals surface area contributed by atoms with Crippen molar-refractivity contribution in [1.29, 1.82) is 0 Å². The summed E-state index contributed by atoms with van der Waals surface area (Å²) in [5.74, 6) is 1.60. The topological polar surface area (TPSA) is 60.5 Å². The Morgan fingerprint density at radius 2 is 1.94 bits per heavy atom. The smallest absolute Gasteiger partial charge is 0.232 e. The molecule has 3 aliphatic rings. The number of amides is 1. The van der Waals surface area contributed by atoms with E-state index in [0.29, 0.717) is 12.5 Å². The van der Waals surface area contributed by atoms with Crippen molar-refractivity contribution >= 4 is 23.2 Å². The first-order valence-corrected chi connectivity index (χ1v) is 12.6. The Kier molecular flexibility index (Phi) is 5.86. The summed E-state index contributed by atoms with van der Waals surface area (Å²) in [6.45, 7) is 4.22. The molecule has 0 spiro atoms. The number of hydrogen-bond acceptors (Lipinski definition) is 4. The lowest BCUT2D eigenvalue weighted by atomic mass is 9.87. The summed E-state index contributed by atoms with van der Waals surface area (Å²) in [5.41, 5.74) is 8.40. The number of hydrogen-bond donors (Lipinski definition) is 1. The highest BCUT2D eigenvalue weighted by Crippen LogP contribution is 2.41. The molecular formula is C30H30N2O3. The van der Waals surface area contributed by atoms with Crippen LogP contribution in [-0.2, 0) is 16.1 Å². The van der Waals surface area contributed by atoms with E-state index in [0.717, 1.165) is 89.4 Å². The number of aromatic nitrogens is 1. The average molecular weight is 467 g/mol. The van der Waals surface area contributed by atoms with Crippen molar-refractivity contribution in [2.45, 2.75) is 45.1 Å². The van der Waals surface area contributed by atoms with Gasteiger partial charge in [0.1, 0.15) is 12.4 Å². The molecule has 0 saturated carbocycles. The number of carbonyl (C=O) groups excluding carboxylic acids is 1. The van der Waals surface area contributed by atoms with Crippen LogP contribution in [0.25, 0.3) is 11.6 Å². The normalized spacial score (nSPS) is 20.4. The minimum Gasteiger partial charge on any atom is -0.487 e. The molecule has 1 atom stereocenters. The maximum Gasteiger partial charge on any atom is 0.232 e.